The molecule has 0 bridgehead atoms. The Hall–Kier alpha value is -2.18. The molecule has 1 aromatic carbocycles. The second-order valence-corrected chi connectivity index (χ2v) is 17.9. The van der Waals surface area contributed by atoms with E-state index < -0.39 is 0 Å². The van der Waals surface area contributed by atoms with Gasteiger partial charge >= 0.3 is 5.97 Å². The van der Waals surface area contributed by atoms with Gasteiger partial charge in [0.2, 0.25) is 5.91 Å². The second kappa shape index (κ2) is 12.9. The molecule has 2 aliphatic heterocycles. The van der Waals surface area contributed by atoms with Crippen molar-refractivity contribution in [3.63, 3.8) is 0 Å². The number of ether oxygens (including phenoxy) is 3. The molecule has 7 rings (SSSR count). The molecule has 264 valence electrons. The lowest BCUT2D eigenvalue weighted by Gasteiger charge is -2.58. The van der Waals surface area contributed by atoms with E-state index in [1.54, 1.807) is 0 Å². The van der Waals surface area contributed by atoms with Crippen LogP contribution >= 0.6 is 0 Å². The van der Waals surface area contributed by atoms with Crippen LogP contribution in [0.25, 0.3) is 0 Å². The first-order valence-corrected chi connectivity index (χ1v) is 19.4. The van der Waals surface area contributed by atoms with Gasteiger partial charge in [0.1, 0.15) is 12.6 Å². The van der Waals surface area contributed by atoms with Crippen molar-refractivity contribution in [2.24, 2.45) is 52.3 Å². The van der Waals surface area contributed by atoms with E-state index in [1.807, 2.05) is 19.1 Å². The number of carbonyl (C=O) groups excluding carboxylic acids is 2. The zero-order valence-corrected chi connectivity index (χ0v) is 30.7. The Balaban J connectivity index is 0.936. The molecule has 2 heterocycles. The van der Waals surface area contributed by atoms with Crippen LogP contribution in [0.3, 0.4) is 0 Å². The number of nitrogens with one attached hydrogen (secondary N) is 1. The summed E-state index contributed by atoms with van der Waals surface area (Å²) < 4.78 is 19.5. The van der Waals surface area contributed by atoms with Gasteiger partial charge in [0, 0.05) is 18.8 Å². The van der Waals surface area contributed by atoms with Crippen LogP contribution in [-0.4, -0.2) is 43.0 Å². The van der Waals surface area contributed by atoms with Crippen molar-refractivity contribution in [1.82, 2.24) is 5.32 Å². The number of allylic oxidation sites excluding steroid dienone is 1. The van der Waals surface area contributed by atoms with Crippen molar-refractivity contribution >= 4 is 11.9 Å². The molecule has 6 nitrogen and oxygen atoms in total. The summed E-state index contributed by atoms with van der Waals surface area (Å²) in [6.07, 6.45) is 13.7. The Labute approximate surface area is 289 Å². The van der Waals surface area contributed by atoms with Gasteiger partial charge in [-0.25, -0.2) is 0 Å². The summed E-state index contributed by atoms with van der Waals surface area (Å²) in [5.74, 6) is 3.19. The number of carbonyl (C=O) groups is 2. The van der Waals surface area contributed by atoms with Gasteiger partial charge in [-0.1, -0.05) is 77.5 Å². The van der Waals surface area contributed by atoms with E-state index >= 15 is 0 Å². The lowest BCUT2D eigenvalue weighted by atomic mass is 9.47. The molecule has 6 aliphatic rings. The molecule has 1 amide bonds. The minimum Gasteiger partial charge on any atom is -0.461 e. The van der Waals surface area contributed by atoms with E-state index in [1.165, 1.54) is 36.8 Å². The zero-order valence-electron chi connectivity index (χ0n) is 30.7. The van der Waals surface area contributed by atoms with Crippen LogP contribution in [0.1, 0.15) is 123 Å². The first kappa shape index (κ1) is 34.3. The van der Waals surface area contributed by atoms with Gasteiger partial charge < -0.3 is 19.5 Å². The van der Waals surface area contributed by atoms with Crippen molar-refractivity contribution in [3.05, 3.63) is 47.0 Å². The van der Waals surface area contributed by atoms with Crippen molar-refractivity contribution in [3.8, 4) is 0 Å². The minimum absolute atomic E-state index is 0.0828. The summed E-state index contributed by atoms with van der Waals surface area (Å²) in [7, 11) is 0. The van der Waals surface area contributed by atoms with E-state index in [2.05, 4.69) is 65.1 Å². The van der Waals surface area contributed by atoms with Crippen LogP contribution in [0.15, 0.2) is 35.9 Å². The summed E-state index contributed by atoms with van der Waals surface area (Å²) in [5, 5.41) is 2.84. The SMILES string of the molecule is CC(C)Cc1ccc(C(C)C(=O)NCC(=O)OC2CC[C@@]3(C)C(=CCC4C5CC6OC7(CC[C@@H](C)CO7)[C@@H](C)C6[C@@]5(C)CCC43)C2)cc1. The number of amides is 1. The third-order valence-electron chi connectivity index (χ3n) is 14.5. The minimum atomic E-state index is -0.353. The molecule has 6 heteroatoms. The fourth-order valence-electron chi connectivity index (χ4n) is 11.9. The van der Waals surface area contributed by atoms with Crippen LogP contribution in [-0.2, 0) is 30.2 Å². The van der Waals surface area contributed by atoms with Crippen molar-refractivity contribution < 1.29 is 23.8 Å². The number of benzene rings is 1. The Bertz CT molecular complexity index is 1390. The average Bonchev–Trinajstić information content (AvgIpc) is 3.50. The lowest BCUT2D eigenvalue weighted by Crippen LogP contribution is -2.52. The number of hydrogen-bond donors (Lipinski definition) is 1. The van der Waals surface area contributed by atoms with E-state index in [4.69, 9.17) is 14.2 Å². The quantitative estimate of drug-likeness (QED) is 0.235. The van der Waals surface area contributed by atoms with Gasteiger partial charge in [-0.2, -0.15) is 0 Å². The summed E-state index contributed by atoms with van der Waals surface area (Å²) in [6.45, 7) is 16.9. The predicted molar refractivity (Wildman–Crippen MR) is 188 cm³/mol. The van der Waals surface area contributed by atoms with E-state index in [0.29, 0.717) is 52.9 Å². The van der Waals surface area contributed by atoms with E-state index in [9.17, 15) is 9.59 Å². The van der Waals surface area contributed by atoms with Gasteiger partial charge in [-0.3, -0.25) is 9.59 Å². The lowest BCUT2D eigenvalue weighted by molar-refractivity contribution is -0.272. The van der Waals surface area contributed by atoms with Gasteiger partial charge in [0.15, 0.2) is 5.79 Å². The summed E-state index contributed by atoms with van der Waals surface area (Å²) in [5.41, 5.74) is 4.23. The maximum Gasteiger partial charge on any atom is 0.325 e. The average molecular weight is 660 g/mol. The Morgan fingerprint density at radius 3 is 2.48 bits per heavy atom. The number of rotatable bonds is 7. The van der Waals surface area contributed by atoms with Gasteiger partial charge in [0.05, 0.1) is 18.6 Å². The third kappa shape index (κ3) is 5.89. The predicted octanol–water partition coefficient (Wildman–Crippen LogP) is 8.38. The van der Waals surface area contributed by atoms with E-state index in [0.717, 1.165) is 50.7 Å². The van der Waals surface area contributed by atoms with Crippen molar-refractivity contribution in [1.29, 1.82) is 0 Å². The first-order valence-electron chi connectivity index (χ1n) is 19.4. The Morgan fingerprint density at radius 2 is 1.77 bits per heavy atom. The van der Waals surface area contributed by atoms with Crippen LogP contribution in [0, 0.1) is 52.3 Å². The highest BCUT2D eigenvalue weighted by Crippen LogP contribution is 2.70. The molecule has 1 N–H and O–H groups in total. The molecule has 12 atom stereocenters. The summed E-state index contributed by atoms with van der Waals surface area (Å²) >= 11 is 0. The van der Waals surface area contributed by atoms with Crippen molar-refractivity contribution in [2.45, 2.75) is 137 Å². The molecular weight excluding hydrogens is 598 g/mol. The molecular formula is C42H61NO5. The molecule has 48 heavy (non-hydrogen) atoms. The third-order valence-corrected chi connectivity index (χ3v) is 14.5. The smallest absolute Gasteiger partial charge is 0.325 e. The van der Waals surface area contributed by atoms with Crippen LogP contribution in [0.5, 0.6) is 0 Å². The largest absolute Gasteiger partial charge is 0.461 e. The molecule has 4 aliphatic carbocycles. The normalized spacial score (nSPS) is 42.3. The van der Waals surface area contributed by atoms with Gasteiger partial charge in [0.25, 0.3) is 0 Å². The zero-order chi connectivity index (χ0) is 34.0. The van der Waals surface area contributed by atoms with Gasteiger partial charge in [-0.15, -0.1) is 0 Å². The summed E-state index contributed by atoms with van der Waals surface area (Å²) in [4.78, 5) is 25.8. The highest BCUT2D eigenvalue weighted by atomic mass is 16.7. The highest BCUT2D eigenvalue weighted by molar-refractivity contribution is 5.86. The molecule has 2 saturated heterocycles. The van der Waals surface area contributed by atoms with Gasteiger partial charge in [-0.05, 0) is 116 Å². The van der Waals surface area contributed by atoms with Crippen LogP contribution in [0.2, 0.25) is 0 Å². The Morgan fingerprint density at radius 1 is 1.00 bits per heavy atom. The number of esters is 1. The first-order chi connectivity index (χ1) is 22.8. The standard InChI is InChI=1S/C42H61NO5/c1-25(2)20-29-8-10-30(11-9-29)27(4)39(45)43-23-37(44)47-32-15-17-40(6)31(21-32)12-13-33-34(40)16-18-41(7)35(33)22-36-38(41)28(5)42(48-36)19-14-26(3)24-46-42/h8-12,25-28,32-36,38H,13-24H2,1-7H3,(H,43,45)/t26-,27?,28+,32?,33?,34?,35?,36?,38?,40+,41+,42?/m1/s1. The monoisotopic (exact) mass is 659 g/mol. The molecule has 3 saturated carbocycles. The molecule has 8 unspecified atom stereocenters. The topological polar surface area (TPSA) is 73.9 Å². The molecule has 1 spiro atoms. The van der Waals surface area contributed by atoms with Crippen LogP contribution < -0.4 is 5.32 Å². The fourth-order valence-corrected chi connectivity index (χ4v) is 11.9. The number of fused-ring (bicyclic) bond motifs is 7. The number of hydrogen-bond acceptors (Lipinski definition) is 5. The summed E-state index contributed by atoms with van der Waals surface area (Å²) in [6, 6.07) is 8.27. The fraction of sp³-hybridized carbons (Fsp3) is 0.762. The van der Waals surface area contributed by atoms with E-state index in [-0.39, 0.29) is 41.6 Å². The molecule has 1 aromatic rings. The second-order valence-electron chi connectivity index (χ2n) is 17.9. The maximum absolute atomic E-state index is 12.9. The highest BCUT2D eigenvalue weighted by Gasteiger charge is 2.68. The Kier molecular flexibility index (Phi) is 9.18. The van der Waals surface area contributed by atoms with Crippen molar-refractivity contribution in [2.75, 3.05) is 13.2 Å². The van der Waals surface area contributed by atoms with Crippen LogP contribution in [0.4, 0.5) is 0 Å². The molecule has 0 radical (unpaired) electrons. The maximum atomic E-state index is 12.9. The molecule has 0 aromatic heterocycles. The molecule has 5 fully saturated rings.